The van der Waals surface area contributed by atoms with Crippen molar-refractivity contribution in [3.05, 3.63) is 146 Å². The highest BCUT2D eigenvalue weighted by Gasteiger charge is 2.49. The average molecular weight is 613 g/mol. The van der Waals surface area contributed by atoms with Gasteiger partial charge in [-0.1, -0.05) is 135 Å². The van der Waals surface area contributed by atoms with Crippen LogP contribution >= 0.6 is 0 Å². The highest BCUT2D eigenvalue weighted by Crippen LogP contribution is 2.42. The molecule has 0 aliphatic carbocycles. The van der Waals surface area contributed by atoms with Gasteiger partial charge in [0.05, 0.1) is 0 Å². The molecule has 0 bridgehead atoms. The second-order valence-corrected chi connectivity index (χ2v) is 12.4. The Labute approximate surface area is 272 Å². The van der Waals surface area contributed by atoms with Crippen LogP contribution in [-0.4, -0.2) is 25.2 Å². The summed E-state index contributed by atoms with van der Waals surface area (Å²) in [5.74, 6) is -1.27. The third-order valence-corrected chi connectivity index (χ3v) is 9.67. The van der Waals surface area contributed by atoms with E-state index in [1.807, 2.05) is 12.1 Å². The Morgan fingerprint density at radius 3 is 1.21 bits per heavy atom. The highest BCUT2D eigenvalue weighted by atomic mass is 16.6. The molecule has 0 aromatic heterocycles. The van der Waals surface area contributed by atoms with Crippen LogP contribution in [0.1, 0.15) is 11.1 Å². The first-order valence-corrected chi connectivity index (χ1v) is 15.9. The smallest absolute Gasteiger partial charge is 0.324 e. The summed E-state index contributed by atoms with van der Waals surface area (Å²) < 4.78 is 11.5. The molecule has 0 atom stereocenters. The van der Waals surface area contributed by atoms with Crippen molar-refractivity contribution in [2.45, 2.75) is 12.8 Å². The quantitative estimate of drug-likeness (QED) is 0.0668. The number of benzene rings is 8. The van der Waals surface area contributed by atoms with Crippen LogP contribution in [0.2, 0.25) is 0 Å². The molecule has 47 heavy (non-hydrogen) atoms. The zero-order valence-electron chi connectivity index (χ0n) is 25.9. The molecule has 8 aromatic rings. The molecule has 0 unspecified atom stereocenters. The van der Waals surface area contributed by atoms with Crippen molar-refractivity contribution in [2.75, 3.05) is 13.2 Å². The van der Waals surface area contributed by atoms with E-state index >= 15 is 0 Å². The van der Waals surface area contributed by atoms with Gasteiger partial charge in [-0.3, -0.25) is 9.59 Å². The molecule has 0 amide bonds. The van der Waals surface area contributed by atoms with Crippen molar-refractivity contribution in [3.8, 4) is 0 Å². The normalized spacial score (nSPS) is 12.1. The maximum absolute atomic E-state index is 14.4. The van der Waals surface area contributed by atoms with Crippen LogP contribution in [0.4, 0.5) is 0 Å². The van der Waals surface area contributed by atoms with E-state index in [4.69, 9.17) is 9.47 Å². The maximum Gasteiger partial charge on any atom is 0.324 e. The Hall–Kier alpha value is -5.74. The van der Waals surface area contributed by atoms with Gasteiger partial charge < -0.3 is 9.47 Å². The van der Waals surface area contributed by atoms with Crippen molar-refractivity contribution in [3.63, 3.8) is 0 Å². The van der Waals surface area contributed by atoms with Crippen molar-refractivity contribution in [2.24, 2.45) is 5.41 Å². The number of esters is 2. The summed E-state index contributed by atoms with van der Waals surface area (Å²) in [7, 11) is 0. The van der Waals surface area contributed by atoms with Crippen LogP contribution < -0.4 is 0 Å². The minimum atomic E-state index is -1.68. The van der Waals surface area contributed by atoms with Crippen LogP contribution in [-0.2, 0) is 31.9 Å². The molecular formula is C43H32O4. The van der Waals surface area contributed by atoms with E-state index in [-0.39, 0.29) is 26.1 Å². The van der Waals surface area contributed by atoms with Gasteiger partial charge in [-0.2, -0.15) is 0 Å². The molecule has 0 aliphatic heterocycles. The molecule has 0 saturated heterocycles. The Balaban J connectivity index is 1.35. The number of hydrogen-bond acceptors (Lipinski definition) is 4. The molecule has 0 saturated carbocycles. The molecule has 8 rings (SSSR count). The fourth-order valence-corrected chi connectivity index (χ4v) is 7.53. The summed E-state index contributed by atoms with van der Waals surface area (Å²) in [6, 6.07) is 37.8. The Morgan fingerprint density at radius 2 is 0.830 bits per heavy atom. The maximum atomic E-state index is 14.4. The first kappa shape index (κ1) is 28.7. The molecule has 0 spiro atoms. The lowest BCUT2D eigenvalue weighted by Crippen LogP contribution is -2.46. The van der Waals surface area contributed by atoms with Gasteiger partial charge in [-0.25, -0.2) is 0 Å². The van der Waals surface area contributed by atoms with Crippen molar-refractivity contribution in [1.82, 2.24) is 0 Å². The van der Waals surface area contributed by atoms with Crippen molar-refractivity contribution < 1.29 is 19.1 Å². The molecule has 0 aliphatic rings. The van der Waals surface area contributed by atoms with Gasteiger partial charge in [0.25, 0.3) is 0 Å². The predicted octanol–water partition coefficient (Wildman–Crippen LogP) is 9.71. The Morgan fingerprint density at radius 1 is 0.489 bits per heavy atom. The van der Waals surface area contributed by atoms with E-state index in [0.717, 1.165) is 65.0 Å². The van der Waals surface area contributed by atoms with Gasteiger partial charge in [0.1, 0.15) is 13.2 Å². The van der Waals surface area contributed by atoms with Gasteiger partial charge in [0.2, 0.25) is 0 Å². The largest absolute Gasteiger partial charge is 0.461 e. The second-order valence-electron chi connectivity index (χ2n) is 12.4. The molecule has 0 fully saturated rings. The Kier molecular flexibility index (Phi) is 6.87. The molecule has 4 heteroatoms. The van der Waals surface area contributed by atoms with Crippen molar-refractivity contribution >= 4 is 76.6 Å². The molecule has 8 aromatic carbocycles. The SMILES string of the molecule is C=CCOC(=O)C(Cc1ccc2ccc3cccc4ccc1c2c34)(Cc1ccc2ccc3cccc4ccc1c2c34)C(=O)OCC=C. The number of rotatable bonds is 10. The monoisotopic (exact) mass is 612 g/mol. The van der Waals surface area contributed by atoms with Crippen LogP contribution in [0.5, 0.6) is 0 Å². The topological polar surface area (TPSA) is 52.6 Å². The molecular weight excluding hydrogens is 580 g/mol. The predicted molar refractivity (Wildman–Crippen MR) is 192 cm³/mol. The minimum Gasteiger partial charge on any atom is -0.461 e. The third-order valence-electron chi connectivity index (χ3n) is 9.67. The fraction of sp³-hybridized carbons (Fsp3) is 0.116. The second kappa shape index (κ2) is 11.3. The number of ether oxygens (including phenoxy) is 2. The average Bonchev–Trinajstić information content (AvgIpc) is 3.11. The van der Waals surface area contributed by atoms with E-state index in [9.17, 15) is 9.59 Å². The molecule has 0 heterocycles. The molecule has 4 nitrogen and oxygen atoms in total. The van der Waals surface area contributed by atoms with Crippen LogP contribution in [0.25, 0.3) is 64.6 Å². The Bertz CT molecular complexity index is 2300. The summed E-state index contributed by atoms with van der Waals surface area (Å²) in [5.41, 5.74) is 0.0664. The summed E-state index contributed by atoms with van der Waals surface area (Å²) >= 11 is 0. The highest BCUT2D eigenvalue weighted by molar-refractivity contribution is 6.25. The lowest BCUT2D eigenvalue weighted by molar-refractivity contribution is -0.171. The van der Waals surface area contributed by atoms with Crippen LogP contribution in [0.3, 0.4) is 0 Å². The summed E-state index contributed by atoms with van der Waals surface area (Å²) in [6.07, 6.45) is 3.22. The van der Waals surface area contributed by atoms with E-state index < -0.39 is 17.4 Å². The van der Waals surface area contributed by atoms with Gasteiger partial charge in [-0.15, -0.1) is 0 Å². The van der Waals surface area contributed by atoms with E-state index in [1.54, 1.807) is 0 Å². The molecule has 0 radical (unpaired) electrons. The zero-order valence-corrected chi connectivity index (χ0v) is 25.9. The minimum absolute atomic E-state index is 0.0216. The molecule has 228 valence electrons. The first-order chi connectivity index (χ1) is 23.0. The number of hydrogen-bond donors (Lipinski definition) is 0. The lowest BCUT2D eigenvalue weighted by Gasteiger charge is -2.31. The number of carbonyl (C=O) groups is 2. The zero-order chi connectivity index (χ0) is 32.1. The number of carbonyl (C=O) groups excluding carboxylic acids is 2. The third kappa shape index (κ3) is 4.51. The standard InChI is InChI=1S/C43H32O4/c1-3-23-46-41(44)43(42(45)47-24-4-2,25-33-17-15-31-13-11-27-7-5-9-29-19-21-35(33)39(31)37(27)29)26-34-18-16-32-14-12-28-8-6-10-30-20-22-36(34)40(32)38(28)30/h3-22H,1-2,23-26H2. The van der Waals surface area contributed by atoms with Crippen molar-refractivity contribution in [1.29, 1.82) is 0 Å². The lowest BCUT2D eigenvalue weighted by atomic mass is 9.74. The van der Waals surface area contributed by atoms with Gasteiger partial charge in [0, 0.05) is 12.8 Å². The summed E-state index contributed by atoms with van der Waals surface area (Å²) in [6.45, 7) is 7.45. The van der Waals surface area contributed by atoms with Gasteiger partial charge in [0.15, 0.2) is 5.41 Å². The van der Waals surface area contributed by atoms with Crippen LogP contribution in [0, 0.1) is 5.41 Å². The first-order valence-electron chi connectivity index (χ1n) is 15.9. The summed E-state index contributed by atoms with van der Waals surface area (Å²) in [4.78, 5) is 28.8. The van der Waals surface area contributed by atoms with Gasteiger partial charge >= 0.3 is 11.9 Å². The van der Waals surface area contributed by atoms with Crippen LogP contribution in [0.15, 0.2) is 135 Å². The van der Waals surface area contributed by atoms with E-state index in [1.165, 1.54) is 22.9 Å². The summed E-state index contributed by atoms with van der Waals surface area (Å²) in [5, 5.41) is 13.4. The van der Waals surface area contributed by atoms with E-state index in [2.05, 4.69) is 110 Å². The van der Waals surface area contributed by atoms with E-state index in [0.29, 0.717) is 0 Å². The molecule has 0 N–H and O–H groups in total. The fourth-order valence-electron chi connectivity index (χ4n) is 7.53. The van der Waals surface area contributed by atoms with Gasteiger partial charge in [-0.05, 0) is 75.8 Å².